The second kappa shape index (κ2) is 5.05. The van der Waals surface area contributed by atoms with Crippen LogP contribution in [0.15, 0.2) is 48.5 Å². The number of hydrogen-bond acceptors (Lipinski definition) is 2. The van der Waals surface area contributed by atoms with Crippen molar-refractivity contribution >= 4 is 49.5 Å². The molecule has 3 aromatic carbocycles. The van der Waals surface area contributed by atoms with Gasteiger partial charge in [-0.25, -0.2) is 0 Å². The molecule has 5 heteroatoms. The molecule has 1 N–H and O–H groups in total. The standard InChI is InChI=1S/C25H19N3O2/c29-25-22-15(12-26-25)20-13-6-1-3-8-16(13)27-18-10-5-11-19(30-18)28-17-9-4-2-7-14(17)21(22)24(28)23(20)27/h1-4,6-9,18-19H,5,10-12H2,(H,26,29)/t18-,19?/m1/s1. The number of hydrogen-bond donors (Lipinski definition) is 1. The molecule has 2 aromatic heterocycles. The summed E-state index contributed by atoms with van der Waals surface area (Å²) in [5.41, 5.74) is 6.74. The number of nitrogens with one attached hydrogen (secondary N) is 1. The van der Waals surface area contributed by atoms with E-state index in [1.807, 2.05) is 0 Å². The number of carbonyl (C=O) groups excluding carboxylic acids is 1. The fraction of sp³-hybridized carbons (Fsp3) is 0.240. The summed E-state index contributed by atoms with van der Waals surface area (Å²) in [6.07, 6.45) is 3.17. The highest BCUT2D eigenvalue weighted by molar-refractivity contribution is 6.30. The van der Waals surface area contributed by atoms with Crippen LogP contribution < -0.4 is 5.32 Å². The summed E-state index contributed by atoms with van der Waals surface area (Å²) in [4.78, 5) is 13.1. The fourth-order valence-corrected chi connectivity index (χ4v) is 6.27. The lowest BCUT2D eigenvalue weighted by molar-refractivity contribution is -0.115. The van der Waals surface area contributed by atoms with E-state index in [-0.39, 0.29) is 18.4 Å². The van der Waals surface area contributed by atoms with Gasteiger partial charge in [-0.2, -0.15) is 0 Å². The molecule has 1 amide bonds. The van der Waals surface area contributed by atoms with Crippen molar-refractivity contribution in [1.29, 1.82) is 0 Å². The number of amides is 1. The third-order valence-electron chi connectivity index (χ3n) is 7.34. The van der Waals surface area contributed by atoms with E-state index in [0.717, 1.165) is 52.2 Å². The van der Waals surface area contributed by atoms with E-state index >= 15 is 0 Å². The Kier molecular flexibility index (Phi) is 2.61. The molecule has 30 heavy (non-hydrogen) atoms. The summed E-state index contributed by atoms with van der Waals surface area (Å²) in [6, 6.07) is 17.1. The van der Waals surface area contributed by atoms with Gasteiger partial charge in [0.2, 0.25) is 0 Å². The highest BCUT2D eigenvalue weighted by Crippen LogP contribution is 2.51. The van der Waals surface area contributed by atoms with Crippen LogP contribution in [0, 0.1) is 0 Å². The molecule has 0 radical (unpaired) electrons. The first-order valence-electron chi connectivity index (χ1n) is 10.8. The predicted octanol–water partition coefficient (Wildman–Crippen LogP) is 5.36. The van der Waals surface area contributed by atoms with Crippen LogP contribution in [0.2, 0.25) is 0 Å². The van der Waals surface area contributed by atoms with Crippen molar-refractivity contribution in [2.75, 3.05) is 0 Å². The maximum Gasteiger partial charge on any atom is 0.252 e. The summed E-state index contributed by atoms with van der Waals surface area (Å²) in [5, 5.41) is 7.78. The Balaban J connectivity index is 1.79. The van der Waals surface area contributed by atoms with Gasteiger partial charge in [-0.3, -0.25) is 4.79 Å². The predicted molar refractivity (Wildman–Crippen MR) is 117 cm³/mol. The topological polar surface area (TPSA) is 48.2 Å². The maximum absolute atomic E-state index is 13.1. The van der Waals surface area contributed by atoms with E-state index in [0.29, 0.717) is 6.54 Å². The lowest BCUT2D eigenvalue weighted by Crippen LogP contribution is -2.22. The Labute approximate surface area is 171 Å². The van der Waals surface area contributed by atoms with Gasteiger partial charge in [0.25, 0.3) is 5.91 Å². The number of carbonyl (C=O) groups is 1. The molecule has 2 atom stereocenters. The van der Waals surface area contributed by atoms with Crippen molar-refractivity contribution in [3.05, 3.63) is 59.7 Å². The van der Waals surface area contributed by atoms with E-state index in [4.69, 9.17) is 4.74 Å². The second-order valence-electron chi connectivity index (χ2n) is 8.73. The summed E-state index contributed by atoms with van der Waals surface area (Å²) in [5.74, 6) is 0.0415. The zero-order chi connectivity index (χ0) is 19.6. The number of nitrogens with zero attached hydrogens (tertiary/aromatic N) is 2. The minimum Gasteiger partial charge on any atom is -0.348 e. The van der Waals surface area contributed by atoms with Crippen molar-refractivity contribution in [2.45, 2.75) is 38.3 Å². The molecule has 1 saturated heterocycles. The molecule has 0 saturated carbocycles. The van der Waals surface area contributed by atoms with Crippen LogP contribution in [0.5, 0.6) is 0 Å². The largest absolute Gasteiger partial charge is 0.348 e. The lowest BCUT2D eigenvalue weighted by Gasteiger charge is -2.31. The Hall–Kier alpha value is -3.31. The van der Waals surface area contributed by atoms with E-state index in [2.05, 4.69) is 63.0 Å². The Bertz CT molecular complexity index is 1590. The smallest absolute Gasteiger partial charge is 0.252 e. The van der Waals surface area contributed by atoms with Gasteiger partial charge in [0.1, 0.15) is 12.5 Å². The monoisotopic (exact) mass is 393 g/mol. The van der Waals surface area contributed by atoms with Gasteiger partial charge in [-0.05, 0) is 37.0 Å². The molecule has 3 aliphatic rings. The Morgan fingerprint density at radius 2 is 1.43 bits per heavy atom. The molecule has 0 aliphatic carbocycles. The van der Waals surface area contributed by atoms with E-state index in [1.165, 1.54) is 21.8 Å². The lowest BCUT2D eigenvalue weighted by atomic mass is 9.97. The summed E-state index contributed by atoms with van der Waals surface area (Å²) >= 11 is 0. The normalized spacial score (nSPS) is 22.3. The quantitative estimate of drug-likeness (QED) is 0.385. The van der Waals surface area contributed by atoms with E-state index < -0.39 is 0 Å². The van der Waals surface area contributed by atoms with Gasteiger partial charge in [0.05, 0.1) is 27.6 Å². The number of benzene rings is 3. The van der Waals surface area contributed by atoms with E-state index in [1.54, 1.807) is 0 Å². The Morgan fingerprint density at radius 1 is 0.833 bits per heavy atom. The van der Waals surface area contributed by atoms with Crippen LogP contribution >= 0.6 is 0 Å². The minimum absolute atomic E-state index is 0.00414. The van der Waals surface area contributed by atoms with Gasteiger partial charge < -0.3 is 19.2 Å². The molecular weight excluding hydrogens is 374 g/mol. The van der Waals surface area contributed by atoms with Crippen LogP contribution in [0.4, 0.5) is 0 Å². The zero-order valence-electron chi connectivity index (χ0n) is 16.3. The van der Waals surface area contributed by atoms with Gasteiger partial charge in [-0.1, -0.05) is 36.4 Å². The van der Waals surface area contributed by atoms with Crippen molar-refractivity contribution in [3.8, 4) is 0 Å². The molecule has 5 aromatic rings. The number of para-hydroxylation sites is 2. The van der Waals surface area contributed by atoms with Gasteiger partial charge in [-0.15, -0.1) is 0 Å². The maximum atomic E-state index is 13.1. The van der Waals surface area contributed by atoms with Crippen LogP contribution in [0.25, 0.3) is 43.6 Å². The van der Waals surface area contributed by atoms with E-state index in [9.17, 15) is 4.79 Å². The zero-order valence-corrected chi connectivity index (χ0v) is 16.3. The van der Waals surface area contributed by atoms with Crippen LogP contribution in [0.3, 0.4) is 0 Å². The summed E-state index contributed by atoms with van der Waals surface area (Å²) in [7, 11) is 0. The van der Waals surface area contributed by atoms with Gasteiger partial charge in [0.15, 0.2) is 0 Å². The van der Waals surface area contributed by atoms with Gasteiger partial charge >= 0.3 is 0 Å². The second-order valence-corrected chi connectivity index (χ2v) is 8.73. The number of ether oxygens (including phenoxy) is 1. The number of aromatic nitrogens is 2. The number of fused-ring (bicyclic) bond motifs is 13. The van der Waals surface area contributed by atoms with Crippen molar-refractivity contribution in [3.63, 3.8) is 0 Å². The average molecular weight is 393 g/mol. The molecule has 146 valence electrons. The molecule has 2 bridgehead atoms. The van der Waals surface area contributed by atoms with Crippen LogP contribution in [0.1, 0.15) is 47.6 Å². The highest BCUT2D eigenvalue weighted by Gasteiger charge is 2.38. The first-order chi connectivity index (χ1) is 14.8. The minimum atomic E-state index is -0.00414. The molecule has 0 spiro atoms. The molecule has 5 nitrogen and oxygen atoms in total. The molecular formula is C25H19N3O2. The average Bonchev–Trinajstić information content (AvgIpc) is 3.41. The van der Waals surface area contributed by atoms with Crippen molar-refractivity contribution in [2.24, 2.45) is 0 Å². The third-order valence-corrected chi connectivity index (χ3v) is 7.34. The molecule has 5 heterocycles. The van der Waals surface area contributed by atoms with Crippen molar-refractivity contribution < 1.29 is 9.53 Å². The van der Waals surface area contributed by atoms with Crippen molar-refractivity contribution in [1.82, 2.24) is 14.5 Å². The molecule has 1 fully saturated rings. The molecule has 3 aliphatic heterocycles. The van der Waals surface area contributed by atoms with Gasteiger partial charge in [0, 0.05) is 28.1 Å². The fourth-order valence-electron chi connectivity index (χ4n) is 6.27. The molecule has 8 rings (SSSR count). The summed E-state index contributed by atoms with van der Waals surface area (Å²) < 4.78 is 11.5. The van der Waals surface area contributed by atoms with Crippen LogP contribution in [-0.4, -0.2) is 15.0 Å². The highest BCUT2D eigenvalue weighted by atomic mass is 16.5. The third kappa shape index (κ3) is 1.58. The first-order valence-corrected chi connectivity index (χ1v) is 10.8. The van der Waals surface area contributed by atoms with Crippen LogP contribution in [-0.2, 0) is 11.3 Å². The Morgan fingerprint density at radius 3 is 2.13 bits per heavy atom. The number of rotatable bonds is 0. The summed E-state index contributed by atoms with van der Waals surface area (Å²) in [6.45, 7) is 0.586. The SMILES string of the molecule is O=C1NCc2c1c1c3ccccc3n3c1c1c2c2ccccc2n1[C@H]1CCCC3O1. The first kappa shape index (κ1) is 15.5. The molecule has 1 unspecified atom stereocenters.